The minimum atomic E-state index is -1.20. The summed E-state index contributed by atoms with van der Waals surface area (Å²) in [6.07, 6.45) is 3.04. The maximum absolute atomic E-state index is 15.6. The molecule has 286 valence electrons. The quantitative estimate of drug-likeness (QED) is 0.217. The molecule has 8 rings (SSSR count). The number of piperidine rings is 1. The van der Waals surface area contributed by atoms with E-state index in [1.807, 2.05) is 12.1 Å². The predicted molar refractivity (Wildman–Crippen MR) is 197 cm³/mol. The van der Waals surface area contributed by atoms with Crippen molar-refractivity contribution >= 4 is 34.9 Å². The molecule has 2 N–H and O–H groups in total. The van der Waals surface area contributed by atoms with E-state index in [-0.39, 0.29) is 84.5 Å². The summed E-state index contributed by atoms with van der Waals surface area (Å²) in [5, 5.41) is 18.1. The van der Waals surface area contributed by atoms with Crippen molar-refractivity contribution in [3.8, 4) is 17.1 Å². The van der Waals surface area contributed by atoms with Crippen LogP contribution in [-0.2, 0) is 28.2 Å². The highest BCUT2D eigenvalue weighted by Gasteiger charge is 2.51. The lowest BCUT2D eigenvalue weighted by molar-refractivity contribution is -0.116. The van der Waals surface area contributed by atoms with Crippen molar-refractivity contribution in [2.45, 2.75) is 70.2 Å². The Hall–Kier alpha value is -5.32. The molecular weight excluding hydrogens is 736 g/mol. The fourth-order valence-electron chi connectivity index (χ4n) is 7.72. The van der Waals surface area contributed by atoms with Gasteiger partial charge < -0.3 is 29.5 Å². The van der Waals surface area contributed by atoms with Gasteiger partial charge in [0.15, 0.2) is 28.9 Å². The first-order valence-corrected chi connectivity index (χ1v) is 18.4. The van der Waals surface area contributed by atoms with E-state index in [1.54, 1.807) is 38.9 Å². The van der Waals surface area contributed by atoms with Gasteiger partial charge in [0.25, 0.3) is 11.5 Å². The van der Waals surface area contributed by atoms with E-state index in [2.05, 4.69) is 25.4 Å². The summed E-state index contributed by atoms with van der Waals surface area (Å²) in [5.74, 6) is -3.37. The number of aromatic nitrogens is 6. The van der Waals surface area contributed by atoms with Gasteiger partial charge >= 0.3 is 0 Å². The number of hydrogen-bond donors (Lipinski definition) is 2. The van der Waals surface area contributed by atoms with Crippen molar-refractivity contribution in [1.29, 1.82) is 0 Å². The van der Waals surface area contributed by atoms with Gasteiger partial charge in [0.05, 0.1) is 39.3 Å². The second kappa shape index (κ2) is 13.8. The second-order valence-electron chi connectivity index (χ2n) is 14.7. The van der Waals surface area contributed by atoms with E-state index in [9.17, 15) is 19.5 Å². The summed E-state index contributed by atoms with van der Waals surface area (Å²) >= 11 is 6.58. The fraction of sp³-hybridized carbons (Fsp3) is 0.395. The number of likely N-dealkylation sites (tertiary alicyclic amines) is 1. The number of benzene rings is 2. The lowest BCUT2D eigenvalue weighted by Crippen LogP contribution is -2.47. The summed E-state index contributed by atoms with van der Waals surface area (Å²) < 4.78 is 40.0. The molecule has 1 aliphatic carbocycles. The van der Waals surface area contributed by atoms with Crippen LogP contribution in [0.4, 0.5) is 14.5 Å². The molecule has 0 radical (unpaired) electrons. The Kier molecular flexibility index (Phi) is 9.17. The summed E-state index contributed by atoms with van der Waals surface area (Å²) in [6.45, 7) is 3.41. The number of aryl methyl sites for hydroxylation is 1. The first-order chi connectivity index (χ1) is 26.3. The van der Waals surface area contributed by atoms with Crippen molar-refractivity contribution in [2.24, 2.45) is 0 Å². The molecule has 1 saturated carbocycles. The van der Waals surface area contributed by atoms with Gasteiger partial charge in [-0.25, -0.2) is 18.7 Å². The molecule has 0 bridgehead atoms. The summed E-state index contributed by atoms with van der Waals surface area (Å²) in [4.78, 5) is 57.5. The fourth-order valence-corrected chi connectivity index (χ4v) is 7.96. The molecule has 2 aliphatic heterocycles. The number of nitrogens with zero attached hydrogens (tertiary/aromatic N) is 8. The number of rotatable bonds is 8. The Morgan fingerprint density at radius 1 is 1.11 bits per heavy atom. The van der Waals surface area contributed by atoms with E-state index < -0.39 is 40.7 Å². The van der Waals surface area contributed by atoms with Crippen LogP contribution in [0, 0.1) is 18.6 Å². The van der Waals surface area contributed by atoms with Gasteiger partial charge in [-0.3, -0.25) is 14.4 Å². The number of fused-ring (bicyclic) bond motifs is 3. The van der Waals surface area contributed by atoms with Gasteiger partial charge in [-0.2, -0.15) is 9.50 Å². The van der Waals surface area contributed by atoms with Crippen LogP contribution in [0.15, 0.2) is 41.5 Å². The topological polar surface area (TPSA) is 160 Å². The molecule has 5 aromatic rings. The van der Waals surface area contributed by atoms with Crippen LogP contribution in [-0.4, -0.2) is 83.0 Å². The number of nitrogens with one attached hydrogen (secondary N) is 1. The average molecular weight is 774 g/mol. The molecule has 17 heteroatoms. The van der Waals surface area contributed by atoms with Crippen LogP contribution in [0.2, 0.25) is 5.02 Å². The van der Waals surface area contributed by atoms with Crippen LogP contribution >= 0.6 is 11.6 Å². The Balaban J connectivity index is 1.19. The molecule has 5 heterocycles. The van der Waals surface area contributed by atoms with Crippen LogP contribution in [0.1, 0.15) is 83.2 Å². The van der Waals surface area contributed by atoms with Crippen molar-refractivity contribution in [2.75, 3.05) is 32.5 Å². The van der Waals surface area contributed by atoms with Crippen LogP contribution in [0.5, 0.6) is 5.75 Å². The maximum atomic E-state index is 15.6. The second-order valence-corrected chi connectivity index (χ2v) is 15.1. The minimum Gasteiger partial charge on any atom is -0.504 e. The molecule has 1 atom stereocenters. The third-order valence-electron chi connectivity index (χ3n) is 10.6. The number of halogens is 3. The molecule has 55 heavy (non-hydrogen) atoms. The van der Waals surface area contributed by atoms with Gasteiger partial charge in [-0.15, -0.1) is 5.10 Å². The highest BCUT2D eigenvalue weighted by atomic mass is 35.5. The molecule has 1 saturated heterocycles. The average Bonchev–Trinajstić information content (AvgIpc) is 3.84. The molecule has 1 spiro atoms. The number of aromatic hydroxyl groups is 1. The molecule has 2 fully saturated rings. The van der Waals surface area contributed by atoms with Gasteiger partial charge in [-0.1, -0.05) is 23.7 Å². The lowest BCUT2D eigenvalue weighted by Gasteiger charge is -2.39. The Morgan fingerprint density at radius 3 is 2.55 bits per heavy atom. The number of carbonyl (C=O) groups excluding carboxylic acids is 2. The Labute approximate surface area is 318 Å². The molecule has 3 aromatic heterocycles. The zero-order valence-electron chi connectivity index (χ0n) is 30.6. The van der Waals surface area contributed by atoms with Crippen molar-refractivity contribution < 1.29 is 28.2 Å². The molecule has 2 amide bonds. The van der Waals surface area contributed by atoms with Crippen LogP contribution < -0.4 is 10.9 Å². The molecule has 1 unspecified atom stereocenters. The van der Waals surface area contributed by atoms with E-state index in [1.165, 1.54) is 27.9 Å². The van der Waals surface area contributed by atoms with Gasteiger partial charge in [0.2, 0.25) is 11.7 Å². The van der Waals surface area contributed by atoms with Crippen molar-refractivity contribution in [1.82, 2.24) is 38.9 Å². The van der Waals surface area contributed by atoms with Crippen LogP contribution in [0.25, 0.3) is 17.2 Å². The third-order valence-corrected chi connectivity index (χ3v) is 10.9. The first kappa shape index (κ1) is 36.6. The summed E-state index contributed by atoms with van der Waals surface area (Å²) in [6, 6.07) is 8.34. The smallest absolute Gasteiger partial charge is 0.282 e. The van der Waals surface area contributed by atoms with Crippen molar-refractivity contribution in [3.63, 3.8) is 0 Å². The van der Waals surface area contributed by atoms with Gasteiger partial charge in [0.1, 0.15) is 18.5 Å². The summed E-state index contributed by atoms with van der Waals surface area (Å²) in [7, 11) is 3.47. The highest BCUT2D eigenvalue weighted by Crippen LogP contribution is 2.48. The number of amides is 2. The first-order valence-electron chi connectivity index (χ1n) is 18.0. The van der Waals surface area contributed by atoms with E-state index >= 15 is 8.78 Å². The highest BCUT2D eigenvalue weighted by molar-refractivity contribution is 6.33. The molecule has 14 nitrogen and oxygen atoms in total. The molecule has 2 aromatic carbocycles. The normalized spacial score (nSPS) is 17.7. The van der Waals surface area contributed by atoms with Crippen molar-refractivity contribution in [3.05, 3.63) is 97.4 Å². The Morgan fingerprint density at radius 2 is 1.85 bits per heavy atom. The largest absolute Gasteiger partial charge is 0.504 e. The number of hydrogen-bond acceptors (Lipinski definition) is 10. The lowest BCUT2D eigenvalue weighted by atomic mass is 9.85. The third kappa shape index (κ3) is 6.41. The maximum Gasteiger partial charge on any atom is 0.282 e. The standard InChI is InChI=1S/C38H38ClF2N9O5/c1-19-33(52)31(43-18-42-19)36(54)48-13-11-38(12-14-48)28-32(20(2)55-38)49(17-27(51)44-26-10-8-22(15-25(26)39)21-5-6-21)37-45-34(46-50(37)35(28)53)24-9-7-23(16-47(3)4)29(40)30(24)41/h7-10,15,18,20-21,52H,5-6,11-14,16-17H2,1-4H3,(H,44,51). The zero-order chi connectivity index (χ0) is 38.9. The molecule has 3 aliphatic rings. The van der Waals surface area contributed by atoms with Gasteiger partial charge in [0, 0.05) is 25.2 Å². The van der Waals surface area contributed by atoms with Crippen LogP contribution in [0.3, 0.4) is 0 Å². The monoisotopic (exact) mass is 773 g/mol. The predicted octanol–water partition coefficient (Wildman–Crippen LogP) is 5.09. The number of ether oxygens (including phenoxy) is 1. The van der Waals surface area contributed by atoms with Gasteiger partial charge in [-0.05, 0) is 83.3 Å². The minimum absolute atomic E-state index is 0.0732. The van der Waals surface area contributed by atoms with E-state index in [0.717, 1.165) is 22.9 Å². The number of carbonyl (C=O) groups is 2. The SMILES string of the molecule is Cc1ncnc(C(=O)N2CCC3(CC2)OC(C)c2c3c(=O)n3nc(-c4ccc(CN(C)C)c(F)c4F)nc3n2CC(=O)Nc2ccc(C3CC3)cc2Cl)c1O. The molecular formula is C38H38ClF2N9O5. The number of anilines is 1. The summed E-state index contributed by atoms with van der Waals surface area (Å²) in [5.41, 5.74) is 0.330. The van der Waals surface area contributed by atoms with E-state index in [0.29, 0.717) is 22.3 Å². The van der Waals surface area contributed by atoms with E-state index in [4.69, 9.17) is 16.3 Å². The Bertz CT molecular complexity index is 2460. The zero-order valence-corrected chi connectivity index (χ0v) is 31.3.